The number of hydrogen-bond acceptors (Lipinski definition) is 7. The molecule has 2 aromatic rings. The first-order valence-electron chi connectivity index (χ1n) is 10.1. The van der Waals surface area contributed by atoms with Crippen molar-refractivity contribution in [1.29, 1.82) is 0 Å². The molecular weight excluding hydrogens is 414 g/mol. The van der Waals surface area contributed by atoms with Crippen LogP contribution in [0.5, 0.6) is 5.75 Å². The van der Waals surface area contributed by atoms with Gasteiger partial charge in [-0.25, -0.2) is 10.4 Å². The standard InChI is InChI=1S/C22H25N5O3S/c1-14(15-8-10-17(30-2)11-9-15)24-19(28)13-31-22-25-20-18(12-23-26-20)21(29)27(22)16-6-4-3-5-7-16/h3-11,14,18,20,23,26H,12-13H2,1-2H3,(H,24,28). The van der Waals surface area contributed by atoms with E-state index >= 15 is 0 Å². The van der Waals surface area contributed by atoms with Crippen LogP contribution in [0.1, 0.15) is 18.5 Å². The summed E-state index contributed by atoms with van der Waals surface area (Å²) in [6.07, 6.45) is -0.323. The van der Waals surface area contributed by atoms with Gasteiger partial charge in [-0.2, -0.15) is 0 Å². The smallest absolute Gasteiger partial charge is 0.241 e. The Labute approximate surface area is 185 Å². The molecule has 2 heterocycles. The van der Waals surface area contributed by atoms with Crippen molar-refractivity contribution in [3.05, 3.63) is 60.2 Å². The molecule has 0 aromatic heterocycles. The third-order valence-electron chi connectivity index (χ3n) is 5.27. The number of nitrogens with zero attached hydrogens (tertiary/aromatic N) is 2. The molecule has 2 aliphatic heterocycles. The van der Waals surface area contributed by atoms with Crippen LogP contribution < -0.4 is 25.8 Å². The number of methoxy groups -OCH3 is 1. The summed E-state index contributed by atoms with van der Waals surface area (Å²) in [5.41, 5.74) is 7.77. The summed E-state index contributed by atoms with van der Waals surface area (Å²) >= 11 is 1.26. The number of hydrogen-bond donors (Lipinski definition) is 3. The van der Waals surface area contributed by atoms with Crippen molar-refractivity contribution in [1.82, 2.24) is 16.2 Å². The summed E-state index contributed by atoms with van der Waals surface area (Å²) in [6.45, 7) is 2.45. The van der Waals surface area contributed by atoms with E-state index in [1.54, 1.807) is 12.0 Å². The normalized spacial score (nSPS) is 21.3. The number of thioether (sulfide) groups is 1. The number of aliphatic imine (C=N–C) groups is 1. The van der Waals surface area contributed by atoms with Crippen molar-refractivity contribution in [2.24, 2.45) is 10.9 Å². The first-order valence-corrected chi connectivity index (χ1v) is 11.1. The molecule has 1 saturated heterocycles. The van der Waals surface area contributed by atoms with Crippen LogP contribution in [0, 0.1) is 5.92 Å². The number of amides is 2. The molecule has 2 aliphatic rings. The maximum absolute atomic E-state index is 13.1. The van der Waals surface area contributed by atoms with Gasteiger partial charge in [0.15, 0.2) is 5.17 Å². The van der Waals surface area contributed by atoms with Crippen LogP contribution in [0.25, 0.3) is 0 Å². The van der Waals surface area contributed by atoms with Gasteiger partial charge in [-0.3, -0.25) is 19.9 Å². The van der Waals surface area contributed by atoms with Crippen LogP contribution in [-0.2, 0) is 9.59 Å². The molecular formula is C22H25N5O3S. The predicted molar refractivity (Wildman–Crippen MR) is 122 cm³/mol. The quantitative estimate of drug-likeness (QED) is 0.638. The minimum absolute atomic E-state index is 0.0294. The van der Waals surface area contributed by atoms with Gasteiger partial charge in [0.2, 0.25) is 11.8 Å². The number of ether oxygens (including phenoxy) is 1. The molecule has 3 unspecified atom stereocenters. The lowest BCUT2D eigenvalue weighted by Crippen LogP contribution is -2.49. The number of hydrazine groups is 1. The second-order valence-electron chi connectivity index (χ2n) is 7.35. The average molecular weight is 440 g/mol. The SMILES string of the molecule is COc1ccc(C(C)NC(=O)CSC2=NC3NNCC3C(=O)N2c2ccccc2)cc1. The van der Waals surface area contributed by atoms with E-state index in [1.165, 1.54) is 11.8 Å². The fraction of sp³-hybridized carbons (Fsp3) is 0.318. The molecule has 9 heteroatoms. The van der Waals surface area contributed by atoms with E-state index in [0.717, 1.165) is 17.0 Å². The zero-order valence-electron chi connectivity index (χ0n) is 17.4. The van der Waals surface area contributed by atoms with E-state index < -0.39 is 0 Å². The summed E-state index contributed by atoms with van der Waals surface area (Å²) in [7, 11) is 1.62. The summed E-state index contributed by atoms with van der Waals surface area (Å²) in [4.78, 5) is 32.0. The molecule has 3 N–H and O–H groups in total. The molecule has 8 nitrogen and oxygen atoms in total. The second kappa shape index (κ2) is 9.51. The zero-order chi connectivity index (χ0) is 21.8. The van der Waals surface area contributed by atoms with Crippen LogP contribution in [0.4, 0.5) is 5.69 Å². The number of nitrogens with one attached hydrogen (secondary N) is 3. The number of rotatable bonds is 6. The molecule has 31 heavy (non-hydrogen) atoms. The molecule has 4 rings (SSSR count). The first kappa shape index (κ1) is 21.4. The molecule has 162 valence electrons. The summed E-state index contributed by atoms with van der Waals surface area (Å²) in [5.74, 6) is 0.496. The lowest BCUT2D eigenvalue weighted by molar-refractivity contribution is -0.121. The molecule has 0 spiro atoms. The van der Waals surface area contributed by atoms with Gasteiger partial charge < -0.3 is 10.1 Å². The Morgan fingerprint density at radius 2 is 2.00 bits per heavy atom. The highest BCUT2D eigenvalue weighted by atomic mass is 32.2. The van der Waals surface area contributed by atoms with Gasteiger partial charge in [0.05, 0.1) is 30.5 Å². The van der Waals surface area contributed by atoms with Crippen LogP contribution >= 0.6 is 11.8 Å². The maximum Gasteiger partial charge on any atom is 0.241 e. The minimum atomic E-state index is -0.323. The number of carbonyl (C=O) groups excluding carboxylic acids is 2. The Morgan fingerprint density at radius 3 is 2.71 bits per heavy atom. The maximum atomic E-state index is 13.1. The number of anilines is 1. The molecule has 0 saturated carbocycles. The molecule has 0 aliphatic carbocycles. The van der Waals surface area contributed by atoms with Crippen LogP contribution in [0.15, 0.2) is 59.6 Å². The zero-order valence-corrected chi connectivity index (χ0v) is 18.2. The Hall–Kier alpha value is -2.88. The number of para-hydroxylation sites is 1. The fourth-order valence-electron chi connectivity index (χ4n) is 3.57. The van der Waals surface area contributed by atoms with Crippen LogP contribution in [-0.4, -0.2) is 42.6 Å². The van der Waals surface area contributed by atoms with E-state index in [4.69, 9.17) is 9.73 Å². The summed E-state index contributed by atoms with van der Waals surface area (Å²) in [6, 6.07) is 16.8. The molecule has 1 fully saturated rings. The van der Waals surface area contributed by atoms with Crippen molar-refractivity contribution in [2.45, 2.75) is 19.1 Å². The predicted octanol–water partition coefficient (Wildman–Crippen LogP) is 2.06. The highest BCUT2D eigenvalue weighted by molar-refractivity contribution is 8.14. The number of carbonyl (C=O) groups is 2. The molecule has 3 atom stereocenters. The lowest BCUT2D eigenvalue weighted by Gasteiger charge is -2.32. The number of benzene rings is 2. The van der Waals surface area contributed by atoms with E-state index in [0.29, 0.717) is 11.7 Å². The van der Waals surface area contributed by atoms with Crippen molar-refractivity contribution in [3.63, 3.8) is 0 Å². The Balaban J connectivity index is 1.43. The van der Waals surface area contributed by atoms with Gasteiger partial charge in [-0.15, -0.1) is 0 Å². The fourth-order valence-corrected chi connectivity index (χ4v) is 4.43. The van der Waals surface area contributed by atoms with Gasteiger partial charge in [-0.05, 0) is 36.8 Å². The van der Waals surface area contributed by atoms with Crippen molar-refractivity contribution in [2.75, 3.05) is 24.3 Å². The number of fused-ring (bicyclic) bond motifs is 1. The van der Waals surface area contributed by atoms with Gasteiger partial charge in [0.1, 0.15) is 11.9 Å². The second-order valence-corrected chi connectivity index (χ2v) is 8.29. The van der Waals surface area contributed by atoms with Gasteiger partial charge in [0, 0.05) is 6.54 Å². The average Bonchev–Trinajstić information content (AvgIpc) is 3.27. The first-order chi connectivity index (χ1) is 15.1. The third-order valence-corrected chi connectivity index (χ3v) is 6.22. The topological polar surface area (TPSA) is 95.1 Å². The monoisotopic (exact) mass is 439 g/mol. The molecule has 2 aromatic carbocycles. The minimum Gasteiger partial charge on any atom is -0.497 e. The van der Waals surface area contributed by atoms with Crippen LogP contribution in [0.2, 0.25) is 0 Å². The third kappa shape index (κ3) is 4.73. The Kier molecular flexibility index (Phi) is 6.55. The molecule has 2 amide bonds. The van der Waals surface area contributed by atoms with E-state index in [2.05, 4.69) is 16.2 Å². The van der Waals surface area contributed by atoms with Crippen molar-refractivity contribution >= 4 is 34.4 Å². The highest BCUT2D eigenvalue weighted by Gasteiger charge is 2.42. The van der Waals surface area contributed by atoms with E-state index in [-0.39, 0.29) is 35.7 Å². The Bertz CT molecular complexity index is 967. The van der Waals surface area contributed by atoms with Crippen LogP contribution in [0.3, 0.4) is 0 Å². The van der Waals surface area contributed by atoms with E-state index in [9.17, 15) is 9.59 Å². The van der Waals surface area contributed by atoms with Gasteiger partial charge >= 0.3 is 0 Å². The summed E-state index contributed by atoms with van der Waals surface area (Å²) < 4.78 is 5.18. The van der Waals surface area contributed by atoms with Crippen molar-refractivity contribution < 1.29 is 14.3 Å². The molecule has 0 bridgehead atoms. The van der Waals surface area contributed by atoms with Crippen molar-refractivity contribution in [3.8, 4) is 5.75 Å². The summed E-state index contributed by atoms with van der Waals surface area (Å²) in [5, 5.41) is 3.51. The number of amidine groups is 1. The van der Waals surface area contributed by atoms with E-state index in [1.807, 2.05) is 61.5 Å². The molecule has 0 radical (unpaired) electrons. The van der Waals surface area contributed by atoms with Gasteiger partial charge in [-0.1, -0.05) is 42.1 Å². The van der Waals surface area contributed by atoms with Gasteiger partial charge in [0.25, 0.3) is 0 Å². The lowest BCUT2D eigenvalue weighted by atomic mass is 10.1. The largest absolute Gasteiger partial charge is 0.497 e. The Morgan fingerprint density at radius 1 is 1.26 bits per heavy atom. The highest BCUT2D eigenvalue weighted by Crippen LogP contribution is 2.29.